The molecule has 0 aromatic heterocycles. The Labute approximate surface area is 140 Å². The molecule has 1 rings (SSSR count). The van der Waals surface area contributed by atoms with Gasteiger partial charge in [-0.25, -0.2) is 0 Å². The number of allylic oxidation sites excluding steroid dienone is 2. The molecule has 0 saturated heterocycles. The van der Waals surface area contributed by atoms with Crippen molar-refractivity contribution in [2.24, 2.45) is 4.99 Å². The molecule has 6 heteroatoms. The smallest absolute Gasteiger partial charge is 0.351 e. The van der Waals surface area contributed by atoms with E-state index in [1.54, 1.807) is 13.1 Å². The summed E-state index contributed by atoms with van der Waals surface area (Å²) >= 11 is 4.91. The molecule has 0 bridgehead atoms. The molecule has 1 unspecified atom stereocenters. The number of aliphatic hydroxyl groups is 1. The lowest BCUT2D eigenvalue weighted by atomic mass is 10.0. The molecule has 0 spiro atoms. The van der Waals surface area contributed by atoms with E-state index in [2.05, 4.69) is 11.9 Å². The number of hydrogen-bond acceptors (Lipinski definition) is 3. The van der Waals surface area contributed by atoms with Crippen LogP contribution in [0.1, 0.15) is 43.9 Å². The van der Waals surface area contributed by atoms with Crippen LogP contribution in [0.2, 0.25) is 0 Å². The number of ether oxygens (including phenoxy) is 1. The summed E-state index contributed by atoms with van der Waals surface area (Å²) in [6, 6.07) is 2.92. The van der Waals surface area contributed by atoms with Gasteiger partial charge >= 0.3 is 5.38 Å². The maximum Gasteiger partial charge on any atom is 0.351 e. The first kappa shape index (κ1) is 19.6. The summed E-state index contributed by atoms with van der Waals surface area (Å²) in [7, 11) is 1.34. The van der Waals surface area contributed by atoms with Crippen LogP contribution in [0.3, 0.4) is 0 Å². The third kappa shape index (κ3) is 5.59. The zero-order chi connectivity index (χ0) is 17.6. The van der Waals surface area contributed by atoms with Crippen molar-refractivity contribution in [1.82, 2.24) is 0 Å². The van der Waals surface area contributed by atoms with Crippen molar-refractivity contribution >= 4 is 23.5 Å². The lowest BCUT2D eigenvalue weighted by Crippen LogP contribution is -2.19. The average molecular weight is 346 g/mol. The Morgan fingerprint density at radius 1 is 1.48 bits per heavy atom. The second kappa shape index (κ2) is 8.41. The van der Waals surface area contributed by atoms with E-state index < -0.39 is 11.5 Å². The molecule has 23 heavy (non-hydrogen) atoms. The molecule has 3 nitrogen and oxygen atoms in total. The van der Waals surface area contributed by atoms with Crippen molar-refractivity contribution in [2.45, 2.75) is 45.1 Å². The van der Waals surface area contributed by atoms with Crippen LogP contribution in [-0.4, -0.2) is 23.8 Å². The fourth-order valence-corrected chi connectivity index (χ4v) is 2.25. The molecule has 0 fully saturated rings. The predicted octanol–water partition coefficient (Wildman–Crippen LogP) is 5.32. The minimum Gasteiger partial charge on any atom is -0.496 e. The number of halogens is 3. The maximum absolute atomic E-state index is 13.1. The molecule has 1 N–H and O–H groups in total. The first-order chi connectivity index (χ1) is 10.7. The topological polar surface area (TPSA) is 41.8 Å². The van der Waals surface area contributed by atoms with Crippen LogP contribution in [0.25, 0.3) is 0 Å². The molecule has 0 aliphatic rings. The van der Waals surface area contributed by atoms with E-state index in [4.69, 9.17) is 16.3 Å². The molecule has 0 amide bonds. The lowest BCUT2D eigenvalue weighted by molar-refractivity contribution is -0.0434. The highest BCUT2D eigenvalue weighted by Gasteiger charge is 2.38. The Bertz CT molecular complexity index is 595. The Balaban J connectivity index is 3.15. The van der Waals surface area contributed by atoms with E-state index in [1.165, 1.54) is 24.8 Å². The van der Waals surface area contributed by atoms with Gasteiger partial charge in [-0.2, -0.15) is 8.78 Å². The average Bonchev–Trinajstić information content (AvgIpc) is 2.47. The van der Waals surface area contributed by atoms with Gasteiger partial charge in [-0.05, 0) is 49.6 Å². The summed E-state index contributed by atoms with van der Waals surface area (Å²) in [6.45, 7) is 5.84. The summed E-state index contributed by atoms with van der Waals surface area (Å²) < 4.78 is 31.4. The molecule has 0 heterocycles. The predicted molar refractivity (Wildman–Crippen MR) is 90.3 cm³/mol. The number of benzene rings is 1. The van der Waals surface area contributed by atoms with Gasteiger partial charge in [0, 0.05) is 17.8 Å². The van der Waals surface area contributed by atoms with Crippen LogP contribution in [-0.2, 0) is 0 Å². The second-order valence-electron chi connectivity index (χ2n) is 5.37. The quantitative estimate of drug-likeness (QED) is 0.537. The number of methoxy groups -OCH3 is 1. The third-order valence-corrected chi connectivity index (χ3v) is 3.58. The first-order valence-corrected chi connectivity index (χ1v) is 7.71. The lowest BCUT2D eigenvalue weighted by Gasteiger charge is -2.20. The number of rotatable bonds is 7. The molecule has 0 saturated carbocycles. The van der Waals surface area contributed by atoms with Crippen molar-refractivity contribution in [3.05, 3.63) is 34.9 Å². The molecular weight excluding hydrogens is 324 g/mol. The first-order valence-electron chi connectivity index (χ1n) is 7.33. The number of aryl methyl sites for hydroxylation is 1. The number of aliphatic imine (C=N–C) groups is 1. The Hall–Kier alpha value is -1.46. The van der Waals surface area contributed by atoms with Gasteiger partial charge in [-0.15, -0.1) is 0 Å². The monoisotopic (exact) mass is 345 g/mol. The molecule has 1 aromatic carbocycles. The summed E-state index contributed by atoms with van der Waals surface area (Å²) in [6.07, 6.45) is 3.47. The summed E-state index contributed by atoms with van der Waals surface area (Å²) in [5, 5.41) is 5.91. The highest BCUT2D eigenvalue weighted by molar-refractivity contribution is 6.22. The standard InChI is InChI=1S/C17H22ClF2NO2/c1-5-6-11(2)7-8-21-14-10-15(23-4)13(9-12(14)3)16(22)17(18,19)20/h7-10,16,22H,5-6H2,1-4H3/b11-7+,21-8+. The fourth-order valence-electron chi connectivity index (χ4n) is 2.13. The minimum atomic E-state index is -3.77. The zero-order valence-corrected chi connectivity index (χ0v) is 14.5. The molecule has 0 radical (unpaired) electrons. The van der Waals surface area contributed by atoms with E-state index in [9.17, 15) is 13.9 Å². The maximum atomic E-state index is 13.1. The Morgan fingerprint density at radius 2 is 2.13 bits per heavy atom. The molecule has 1 aromatic rings. The highest BCUT2D eigenvalue weighted by Crippen LogP contribution is 2.41. The summed E-state index contributed by atoms with van der Waals surface area (Å²) in [4.78, 5) is 4.32. The van der Waals surface area contributed by atoms with Crippen molar-refractivity contribution in [3.63, 3.8) is 0 Å². The van der Waals surface area contributed by atoms with Crippen LogP contribution in [0.15, 0.2) is 28.8 Å². The van der Waals surface area contributed by atoms with Crippen LogP contribution >= 0.6 is 11.6 Å². The van der Waals surface area contributed by atoms with Crippen LogP contribution in [0.4, 0.5) is 14.5 Å². The van der Waals surface area contributed by atoms with Crippen LogP contribution in [0, 0.1) is 6.92 Å². The van der Waals surface area contributed by atoms with Crippen LogP contribution < -0.4 is 4.74 Å². The van der Waals surface area contributed by atoms with Gasteiger partial charge in [0.05, 0.1) is 12.8 Å². The second-order valence-corrected chi connectivity index (χ2v) is 5.87. The largest absolute Gasteiger partial charge is 0.496 e. The SMILES string of the molecule is CCC/C(C)=C/C=N/c1cc(OC)c(C(O)C(F)(F)Cl)cc1C. The van der Waals surface area contributed by atoms with E-state index in [-0.39, 0.29) is 11.3 Å². The molecule has 0 aliphatic heterocycles. The minimum absolute atomic E-state index is 0.0679. The van der Waals surface area contributed by atoms with Gasteiger partial charge in [0.15, 0.2) is 6.10 Å². The van der Waals surface area contributed by atoms with Crippen molar-refractivity contribution < 1.29 is 18.6 Å². The van der Waals surface area contributed by atoms with Gasteiger partial charge in [-0.1, -0.05) is 18.9 Å². The van der Waals surface area contributed by atoms with Gasteiger partial charge in [0.25, 0.3) is 0 Å². The Morgan fingerprint density at radius 3 is 2.65 bits per heavy atom. The fraction of sp³-hybridized carbons (Fsp3) is 0.471. The third-order valence-electron chi connectivity index (χ3n) is 3.37. The van der Waals surface area contributed by atoms with E-state index >= 15 is 0 Å². The normalized spacial score (nSPS) is 14.3. The summed E-state index contributed by atoms with van der Waals surface area (Å²) in [5.74, 6) is 0.116. The van der Waals surface area contributed by atoms with Gasteiger partial charge in [0.1, 0.15) is 5.75 Å². The Kier molecular flexibility index (Phi) is 7.16. The van der Waals surface area contributed by atoms with Gasteiger partial charge in [0.2, 0.25) is 0 Å². The van der Waals surface area contributed by atoms with Gasteiger partial charge in [-0.3, -0.25) is 4.99 Å². The number of hydrogen-bond donors (Lipinski definition) is 1. The zero-order valence-electron chi connectivity index (χ0n) is 13.7. The molecule has 128 valence electrons. The highest BCUT2D eigenvalue weighted by atomic mass is 35.5. The van der Waals surface area contributed by atoms with Gasteiger partial charge < -0.3 is 9.84 Å². The van der Waals surface area contributed by atoms with Crippen molar-refractivity contribution in [1.29, 1.82) is 0 Å². The van der Waals surface area contributed by atoms with Crippen molar-refractivity contribution in [2.75, 3.05) is 7.11 Å². The molecular formula is C17H22ClF2NO2. The number of nitrogens with zero attached hydrogens (tertiary/aromatic N) is 1. The summed E-state index contributed by atoms with van der Waals surface area (Å²) in [5.41, 5.74) is 2.35. The number of aliphatic hydroxyl groups excluding tert-OH is 1. The number of alkyl halides is 3. The molecule has 0 aliphatic carbocycles. The van der Waals surface area contributed by atoms with E-state index in [0.717, 1.165) is 12.8 Å². The van der Waals surface area contributed by atoms with E-state index in [1.807, 2.05) is 13.0 Å². The van der Waals surface area contributed by atoms with Crippen molar-refractivity contribution in [3.8, 4) is 5.75 Å². The van der Waals surface area contributed by atoms with E-state index in [0.29, 0.717) is 11.3 Å². The van der Waals surface area contributed by atoms with Crippen LogP contribution in [0.5, 0.6) is 5.75 Å². The molecule has 1 atom stereocenters.